The van der Waals surface area contributed by atoms with Crippen molar-refractivity contribution in [1.82, 2.24) is 0 Å². The first-order valence-electron chi connectivity index (χ1n) is 11.6. The van der Waals surface area contributed by atoms with Gasteiger partial charge in [-0.1, -0.05) is 97.1 Å². The molecule has 0 saturated carbocycles. The maximum absolute atomic E-state index is 11.9. The van der Waals surface area contributed by atoms with Gasteiger partial charge in [0.05, 0.1) is 22.7 Å². The number of fused-ring (bicyclic) bond motifs is 4. The van der Waals surface area contributed by atoms with Gasteiger partial charge in [0.1, 0.15) is 0 Å². The van der Waals surface area contributed by atoms with Gasteiger partial charge in [-0.3, -0.25) is 11.5 Å². The number of urea groups is 2. The number of hydrogen-bond acceptors (Lipinski definition) is 2. The van der Waals surface area contributed by atoms with E-state index < -0.39 is 0 Å². The van der Waals surface area contributed by atoms with Crippen LogP contribution in [0.4, 0.5) is 32.3 Å². The van der Waals surface area contributed by atoms with Crippen LogP contribution in [-0.4, -0.2) is 12.1 Å². The Balaban J connectivity index is 0.000000200. The first-order valence-corrected chi connectivity index (χ1v) is 11.6. The molecule has 0 radical (unpaired) electrons. The molecular weight excluding hydrogens is 608 g/mol. The van der Waals surface area contributed by atoms with Crippen LogP contribution >= 0.6 is 0 Å². The number of carbonyl (C=O) groups is 2. The third kappa shape index (κ3) is 5.69. The Kier molecular flexibility index (Phi) is 9.55. The summed E-state index contributed by atoms with van der Waals surface area (Å²) in [5, 5.41) is 0. The molecular formula is C30H26Br2N4O2. The number of halogens is 2. The number of nitrogens with zero attached hydrogens (tertiary/aromatic N) is 2. The van der Waals surface area contributed by atoms with E-state index in [-0.39, 0.29) is 46.0 Å². The second-order valence-electron chi connectivity index (χ2n) is 8.36. The summed E-state index contributed by atoms with van der Waals surface area (Å²) in [6, 6.07) is 30.8. The standard InChI is InChI=1S/2C15H12N2O.2BrH/c2*16-15(18)17-13-7-3-1-5-11(13)9-10-12-6-2-4-8-14(12)17;;/h2*1-10H,(H2,16,18);2*1H. The van der Waals surface area contributed by atoms with E-state index in [1.807, 2.05) is 121 Å². The van der Waals surface area contributed by atoms with Gasteiger partial charge in [-0.2, -0.15) is 0 Å². The normalized spacial score (nSPS) is 11.9. The van der Waals surface area contributed by atoms with Gasteiger partial charge in [-0.15, -0.1) is 0 Å². The fraction of sp³-hybridized carbons (Fsp3) is 0. The van der Waals surface area contributed by atoms with Crippen molar-refractivity contribution in [2.75, 3.05) is 9.80 Å². The number of para-hydroxylation sites is 4. The number of hydrogen-bond donors (Lipinski definition) is 2. The Bertz CT molecular complexity index is 1320. The first kappa shape index (κ1) is 28.7. The van der Waals surface area contributed by atoms with Crippen LogP contribution in [0, 0.1) is 0 Å². The quantitative estimate of drug-likeness (QED) is 0.269. The van der Waals surface area contributed by atoms with E-state index in [0.29, 0.717) is 0 Å². The van der Waals surface area contributed by atoms with Crippen LogP contribution in [0.15, 0.2) is 97.1 Å². The molecule has 38 heavy (non-hydrogen) atoms. The van der Waals surface area contributed by atoms with Crippen LogP contribution in [0.2, 0.25) is 0 Å². The zero-order valence-corrected chi connectivity index (χ0v) is 23.6. The number of benzene rings is 4. The molecule has 4 amide bonds. The molecule has 0 aliphatic carbocycles. The van der Waals surface area contributed by atoms with Crippen molar-refractivity contribution in [2.24, 2.45) is 0 Å². The third-order valence-electron chi connectivity index (χ3n) is 6.09. The molecule has 6 nitrogen and oxygen atoms in total. The van der Waals surface area contributed by atoms with E-state index in [4.69, 9.17) is 0 Å². The SMILES string of the molecule is [Br-].[Br-].[NH3+]C(=O)N1c2ccccc2C=Cc2ccccc21.[NH3+]C(=O)N1c2ccccc2C=Cc2ccccc21. The minimum Gasteiger partial charge on any atom is -1.00 e. The van der Waals surface area contributed by atoms with Crippen molar-refractivity contribution < 1.29 is 55.0 Å². The molecule has 192 valence electrons. The zero-order valence-electron chi connectivity index (χ0n) is 20.4. The van der Waals surface area contributed by atoms with E-state index in [1.165, 1.54) is 0 Å². The van der Waals surface area contributed by atoms with Crippen molar-refractivity contribution in [3.63, 3.8) is 0 Å². The summed E-state index contributed by atoms with van der Waals surface area (Å²) in [6.07, 6.45) is 8.10. The van der Waals surface area contributed by atoms with Crippen molar-refractivity contribution in [2.45, 2.75) is 0 Å². The zero-order chi connectivity index (χ0) is 25.1. The Hall–Kier alpha value is -3.82. The highest BCUT2D eigenvalue weighted by molar-refractivity contribution is 6.02. The molecule has 0 aromatic heterocycles. The number of amides is 4. The molecule has 2 aliphatic heterocycles. The molecule has 0 saturated heterocycles. The summed E-state index contributed by atoms with van der Waals surface area (Å²) in [7, 11) is 0. The Labute approximate surface area is 242 Å². The van der Waals surface area contributed by atoms with Crippen molar-refractivity contribution in [3.05, 3.63) is 119 Å². The fourth-order valence-corrected chi connectivity index (χ4v) is 4.48. The van der Waals surface area contributed by atoms with Crippen molar-refractivity contribution in [1.29, 1.82) is 0 Å². The molecule has 2 aliphatic rings. The summed E-state index contributed by atoms with van der Waals surface area (Å²) in [4.78, 5) is 27.0. The lowest BCUT2D eigenvalue weighted by molar-refractivity contribution is -0.246. The average molecular weight is 634 g/mol. The summed E-state index contributed by atoms with van der Waals surface area (Å²) in [6.45, 7) is 0. The number of anilines is 4. The Morgan fingerprint density at radius 2 is 0.632 bits per heavy atom. The van der Waals surface area contributed by atoms with E-state index in [2.05, 4.69) is 11.5 Å². The molecule has 4 aromatic rings. The largest absolute Gasteiger partial charge is 1.00 e. The highest BCUT2D eigenvalue weighted by Gasteiger charge is 2.24. The van der Waals surface area contributed by atoms with E-state index in [0.717, 1.165) is 45.0 Å². The van der Waals surface area contributed by atoms with E-state index >= 15 is 0 Å². The Morgan fingerprint density at radius 1 is 0.421 bits per heavy atom. The molecule has 0 bridgehead atoms. The minimum atomic E-state index is -0.224. The van der Waals surface area contributed by atoms with Gasteiger partial charge < -0.3 is 34.0 Å². The van der Waals surface area contributed by atoms with Gasteiger partial charge >= 0.3 is 12.1 Å². The topological polar surface area (TPSA) is 95.9 Å². The summed E-state index contributed by atoms with van der Waals surface area (Å²) < 4.78 is 0. The maximum atomic E-state index is 11.9. The van der Waals surface area contributed by atoms with Gasteiger partial charge in [0.15, 0.2) is 0 Å². The second kappa shape index (κ2) is 12.6. The smallest absolute Gasteiger partial charge is 0.423 e. The molecule has 4 aromatic carbocycles. The van der Waals surface area contributed by atoms with E-state index in [1.54, 1.807) is 9.80 Å². The summed E-state index contributed by atoms with van der Waals surface area (Å²) >= 11 is 0. The lowest BCUT2D eigenvalue weighted by Gasteiger charge is -2.20. The van der Waals surface area contributed by atoms with Crippen molar-refractivity contribution in [3.8, 4) is 0 Å². The van der Waals surface area contributed by atoms with Gasteiger partial charge in [0.2, 0.25) is 0 Å². The lowest BCUT2D eigenvalue weighted by atomic mass is 10.1. The van der Waals surface area contributed by atoms with Gasteiger partial charge in [-0.05, 0) is 46.5 Å². The van der Waals surface area contributed by atoms with Gasteiger partial charge in [0.25, 0.3) is 0 Å². The molecule has 0 unspecified atom stereocenters. The average Bonchev–Trinajstić information content (AvgIpc) is 3.17. The molecule has 0 atom stereocenters. The van der Waals surface area contributed by atoms with E-state index in [9.17, 15) is 9.59 Å². The highest BCUT2D eigenvalue weighted by Crippen LogP contribution is 2.36. The Morgan fingerprint density at radius 3 is 0.842 bits per heavy atom. The van der Waals surface area contributed by atoms with Crippen LogP contribution in [-0.2, 0) is 0 Å². The lowest BCUT2D eigenvalue weighted by Crippen LogP contribution is -3.00. The first-order chi connectivity index (χ1) is 17.5. The number of quaternary nitrogens is 2. The van der Waals surface area contributed by atoms with Crippen LogP contribution in [0.1, 0.15) is 22.3 Å². The molecule has 6 rings (SSSR count). The maximum Gasteiger partial charge on any atom is 0.423 e. The monoisotopic (exact) mass is 632 g/mol. The third-order valence-corrected chi connectivity index (χ3v) is 6.09. The van der Waals surface area contributed by atoms with Gasteiger partial charge in [-0.25, -0.2) is 19.4 Å². The van der Waals surface area contributed by atoms with Gasteiger partial charge in [0, 0.05) is 0 Å². The molecule has 2 heterocycles. The fourth-order valence-electron chi connectivity index (χ4n) is 4.48. The van der Waals surface area contributed by atoms with Crippen molar-refractivity contribution >= 4 is 59.1 Å². The molecule has 8 heteroatoms. The summed E-state index contributed by atoms with van der Waals surface area (Å²) in [5.74, 6) is 0. The number of carbonyl (C=O) groups excluding carboxylic acids is 2. The predicted molar refractivity (Wildman–Crippen MR) is 144 cm³/mol. The van der Waals surface area contributed by atoms with Crippen LogP contribution in [0.25, 0.3) is 24.3 Å². The molecule has 0 fully saturated rings. The number of rotatable bonds is 0. The van der Waals surface area contributed by atoms with Crippen LogP contribution < -0.4 is 55.2 Å². The molecule has 0 spiro atoms. The minimum absolute atomic E-state index is 0. The van der Waals surface area contributed by atoms with Crippen LogP contribution in [0.5, 0.6) is 0 Å². The molecule has 6 N–H and O–H groups in total. The second-order valence-corrected chi connectivity index (χ2v) is 8.36. The summed E-state index contributed by atoms with van der Waals surface area (Å²) in [5.41, 5.74) is 14.7. The predicted octanol–water partition coefficient (Wildman–Crippen LogP) is -0.651. The van der Waals surface area contributed by atoms with Crippen LogP contribution in [0.3, 0.4) is 0 Å². The highest BCUT2D eigenvalue weighted by atomic mass is 79.9.